The Kier molecular flexibility index (Phi) is 5.13. The third kappa shape index (κ3) is 3.93. The topological polar surface area (TPSA) is 54.0 Å². The van der Waals surface area contributed by atoms with Crippen molar-refractivity contribution in [3.8, 4) is 11.3 Å². The van der Waals surface area contributed by atoms with Gasteiger partial charge in [-0.2, -0.15) is 0 Å². The Balaban J connectivity index is 1.73. The molecule has 0 saturated carbocycles. The van der Waals surface area contributed by atoms with Crippen LogP contribution in [0.2, 0.25) is 5.02 Å². The van der Waals surface area contributed by atoms with E-state index in [1.54, 1.807) is 0 Å². The average Bonchev–Trinajstić information content (AvgIpc) is 3.06. The number of carbonyl (C=O) groups excluding carboxylic acids is 1. The first kappa shape index (κ1) is 16.5. The molecule has 0 bridgehead atoms. The summed E-state index contributed by atoms with van der Waals surface area (Å²) in [7, 11) is 0. The van der Waals surface area contributed by atoms with Gasteiger partial charge in [-0.1, -0.05) is 42.8 Å². The van der Waals surface area contributed by atoms with Gasteiger partial charge in [-0.3, -0.25) is 4.79 Å². The standard InChI is InChI=1S/C18H16ClN3OS/c1-2-17(23)20-13-9-7-12(8-10-13)16-11-24-18(22-16)21-15-6-4-3-5-14(15)19/h3-11H,2H2,1H3,(H,20,23)(H,21,22). The second-order valence-electron chi connectivity index (χ2n) is 5.12. The Labute approximate surface area is 149 Å². The van der Waals surface area contributed by atoms with Crippen molar-refractivity contribution in [1.82, 2.24) is 4.98 Å². The third-order valence-electron chi connectivity index (χ3n) is 3.41. The maximum Gasteiger partial charge on any atom is 0.224 e. The number of benzene rings is 2. The molecule has 1 aromatic heterocycles. The van der Waals surface area contributed by atoms with Gasteiger partial charge in [0, 0.05) is 23.1 Å². The van der Waals surface area contributed by atoms with E-state index in [1.807, 2.05) is 60.8 Å². The summed E-state index contributed by atoms with van der Waals surface area (Å²) in [5, 5.41) is 9.48. The SMILES string of the molecule is CCC(=O)Nc1ccc(-c2csc(Nc3ccccc3Cl)n2)cc1. The maximum absolute atomic E-state index is 11.4. The second-order valence-corrected chi connectivity index (χ2v) is 6.39. The van der Waals surface area contributed by atoms with Gasteiger partial charge in [0.15, 0.2) is 5.13 Å². The lowest BCUT2D eigenvalue weighted by Gasteiger charge is -2.05. The Bertz CT molecular complexity index is 845. The molecular formula is C18H16ClN3OS. The van der Waals surface area contributed by atoms with Gasteiger partial charge in [0.05, 0.1) is 16.4 Å². The number of thiazole rings is 1. The first-order valence-electron chi connectivity index (χ1n) is 7.53. The molecule has 0 spiro atoms. The van der Waals surface area contributed by atoms with Crippen LogP contribution in [0.25, 0.3) is 11.3 Å². The van der Waals surface area contributed by atoms with Crippen molar-refractivity contribution in [1.29, 1.82) is 0 Å². The molecule has 4 nitrogen and oxygen atoms in total. The van der Waals surface area contributed by atoms with Crippen LogP contribution in [0.1, 0.15) is 13.3 Å². The molecule has 6 heteroatoms. The minimum absolute atomic E-state index is 0.00244. The molecule has 0 saturated heterocycles. The van der Waals surface area contributed by atoms with Crippen LogP contribution in [0.5, 0.6) is 0 Å². The molecule has 122 valence electrons. The van der Waals surface area contributed by atoms with Gasteiger partial charge in [0.2, 0.25) is 5.91 Å². The zero-order valence-electron chi connectivity index (χ0n) is 13.0. The van der Waals surface area contributed by atoms with Crippen LogP contribution in [-0.4, -0.2) is 10.9 Å². The lowest BCUT2D eigenvalue weighted by atomic mass is 10.1. The molecule has 0 unspecified atom stereocenters. The lowest BCUT2D eigenvalue weighted by Crippen LogP contribution is -2.08. The van der Waals surface area contributed by atoms with Crippen molar-refractivity contribution in [2.45, 2.75) is 13.3 Å². The molecule has 1 heterocycles. The summed E-state index contributed by atoms with van der Waals surface area (Å²) in [5.41, 5.74) is 3.49. The summed E-state index contributed by atoms with van der Waals surface area (Å²) in [5.74, 6) is 0.00244. The van der Waals surface area contributed by atoms with Gasteiger partial charge in [-0.15, -0.1) is 11.3 Å². The van der Waals surface area contributed by atoms with Crippen LogP contribution in [0, 0.1) is 0 Å². The number of anilines is 3. The van der Waals surface area contributed by atoms with Crippen molar-refractivity contribution in [2.24, 2.45) is 0 Å². The fourth-order valence-electron chi connectivity index (χ4n) is 2.12. The fraction of sp³-hybridized carbons (Fsp3) is 0.111. The van der Waals surface area contributed by atoms with Crippen LogP contribution in [0.4, 0.5) is 16.5 Å². The molecule has 0 radical (unpaired) electrons. The predicted molar refractivity (Wildman–Crippen MR) is 101 cm³/mol. The molecule has 0 aliphatic heterocycles. The predicted octanol–water partition coefficient (Wildman–Crippen LogP) is 5.56. The van der Waals surface area contributed by atoms with E-state index in [0.717, 1.165) is 27.8 Å². The van der Waals surface area contributed by atoms with Crippen molar-refractivity contribution in [3.05, 3.63) is 58.9 Å². The van der Waals surface area contributed by atoms with Crippen molar-refractivity contribution in [3.63, 3.8) is 0 Å². The van der Waals surface area contributed by atoms with Gasteiger partial charge >= 0.3 is 0 Å². The van der Waals surface area contributed by atoms with Gasteiger partial charge in [-0.05, 0) is 24.3 Å². The third-order valence-corrected chi connectivity index (χ3v) is 4.49. The molecule has 0 aliphatic rings. The van der Waals surface area contributed by atoms with E-state index in [0.29, 0.717) is 11.4 Å². The summed E-state index contributed by atoms with van der Waals surface area (Å²) in [6.07, 6.45) is 0.463. The highest BCUT2D eigenvalue weighted by atomic mass is 35.5. The van der Waals surface area contributed by atoms with Crippen LogP contribution in [0.15, 0.2) is 53.9 Å². The van der Waals surface area contributed by atoms with Gasteiger partial charge in [0.1, 0.15) is 0 Å². The maximum atomic E-state index is 11.4. The van der Waals surface area contributed by atoms with E-state index in [9.17, 15) is 4.79 Å². The number of para-hydroxylation sites is 1. The average molecular weight is 358 g/mol. The minimum Gasteiger partial charge on any atom is -0.330 e. The number of amides is 1. The van der Waals surface area contributed by atoms with E-state index in [1.165, 1.54) is 11.3 Å². The Hall–Kier alpha value is -2.37. The molecule has 2 aromatic carbocycles. The molecule has 0 fully saturated rings. The Morgan fingerprint density at radius 2 is 1.92 bits per heavy atom. The number of aromatic nitrogens is 1. The number of carbonyl (C=O) groups is 1. The van der Waals surface area contributed by atoms with Gasteiger partial charge < -0.3 is 10.6 Å². The zero-order valence-corrected chi connectivity index (χ0v) is 14.6. The highest BCUT2D eigenvalue weighted by Crippen LogP contribution is 2.30. The molecule has 0 atom stereocenters. The highest BCUT2D eigenvalue weighted by Gasteiger charge is 2.07. The number of nitrogens with zero attached hydrogens (tertiary/aromatic N) is 1. The number of rotatable bonds is 5. The Morgan fingerprint density at radius 3 is 2.62 bits per heavy atom. The summed E-state index contributed by atoms with van der Waals surface area (Å²) >= 11 is 7.66. The smallest absolute Gasteiger partial charge is 0.224 e. The monoisotopic (exact) mass is 357 g/mol. The molecule has 2 N–H and O–H groups in total. The van der Waals surface area contributed by atoms with E-state index >= 15 is 0 Å². The highest BCUT2D eigenvalue weighted by molar-refractivity contribution is 7.14. The summed E-state index contributed by atoms with van der Waals surface area (Å²) in [4.78, 5) is 16.0. The first-order chi connectivity index (χ1) is 11.7. The molecule has 0 aliphatic carbocycles. The first-order valence-corrected chi connectivity index (χ1v) is 8.79. The van der Waals surface area contributed by atoms with Crippen LogP contribution in [0.3, 0.4) is 0 Å². The molecule has 3 rings (SSSR count). The summed E-state index contributed by atoms with van der Waals surface area (Å²) in [6.45, 7) is 1.83. The summed E-state index contributed by atoms with van der Waals surface area (Å²) in [6, 6.07) is 15.2. The number of nitrogens with one attached hydrogen (secondary N) is 2. The van der Waals surface area contributed by atoms with Crippen LogP contribution < -0.4 is 10.6 Å². The van der Waals surface area contributed by atoms with Crippen molar-refractivity contribution in [2.75, 3.05) is 10.6 Å². The fourth-order valence-corrected chi connectivity index (χ4v) is 3.03. The van der Waals surface area contributed by atoms with Gasteiger partial charge in [0.25, 0.3) is 0 Å². The van der Waals surface area contributed by atoms with Crippen molar-refractivity contribution >= 4 is 45.4 Å². The number of hydrogen-bond donors (Lipinski definition) is 2. The Morgan fingerprint density at radius 1 is 1.17 bits per heavy atom. The quantitative estimate of drug-likeness (QED) is 0.628. The molecule has 1 amide bonds. The van der Waals surface area contributed by atoms with E-state index in [2.05, 4.69) is 15.6 Å². The van der Waals surface area contributed by atoms with E-state index in [-0.39, 0.29) is 5.91 Å². The van der Waals surface area contributed by atoms with Crippen LogP contribution in [-0.2, 0) is 4.79 Å². The van der Waals surface area contributed by atoms with E-state index < -0.39 is 0 Å². The largest absolute Gasteiger partial charge is 0.330 e. The lowest BCUT2D eigenvalue weighted by molar-refractivity contribution is -0.115. The van der Waals surface area contributed by atoms with Gasteiger partial charge in [-0.25, -0.2) is 4.98 Å². The van der Waals surface area contributed by atoms with E-state index in [4.69, 9.17) is 11.6 Å². The second kappa shape index (κ2) is 7.47. The minimum atomic E-state index is 0.00244. The van der Waals surface area contributed by atoms with Crippen LogP contribution >= 0.6 is 22.9 Å². The van der Waals surface area contributed by atoms with Crippen molar-refractivity contribution < 1.29 is 4.79 Å². The normalized spacial score (nSPS) is 10.4. The molecule has 3 aromatic rings. The summed E-state index contributed by atoms with van der Waals surface area (Å²) < 4.78 is 0. The zero-order chi connectivity index (χ0) is 16.9. The number of hydrogen-bond acceptors (Lipinski definition) is 4. The molecule has 24 heavy (non-hydrogen) atoms. The number of halogens is 1. The molecular weight excluding hydrogens is 342 g/mol.